The van der Waals surface area contributed by atoms with E-state index in [0.29, 0.717) is 31.0 Å². The summed E-state index contributed by atoms with van der Waals surface area (Å²) in [5.41, 5.74) is 0.510. The van der Waals surface area contributed by atoms with Gasteiger partial charge in [-0.15, -0.1) is 0 Å². The van der Waals surface area contributed by atoms with Gasteiger partial charge in [-0.1, -0.05) is 0 Å². The lowest BCUT2D eigenvalue weighted by Crippen LogP contribution is -2.50. The van der Waals surface area contributed by atoms with Crippen molar-refractivity contribution in [1.82, 2.24) is 19.0 Å². The molecule has 1 amide bonds. The van der Waals surface area contributed by atoms with Crippen LogP contribution in [0.1, 0.15) is 17.3 Å². The number of piperazine rings is 1. The van der Waals surface area contributed by atoms with Crippen molar-refractivity contribution in [3.63, 3.8) is 0 Å². The molecule has 2 heterocycles. The SMILES string of the molecule is CCOc1ccc(S(=O)(=O)N2CCN(C(=O)c3cnn(C)c3)CC2)cc1. The molecule has 1 saturated heterocycles. The third-order valence-electron chi connectivity index (χ3n) is 4.25. The van der Waals surface area contributed by atoms with E-state index >= 15 is 0 Å². The number of aromatic nitrogens is 2. The minimum absolute atomic E-state index is 0.129. The Hall–Kier alpha value is -2.39. The quantitative estimate of drug-likeness (QED) is 0.774. The van der Waals surface area contributed by atoms with Crippen molar-refractivity contribution < 1.29 is 17.9 Å². The second kappa shape index (κ2) is 7.46. The molecule has 0 saturated carbocycles. The first-order valence-corrected chi connectivity index (χ1v) is 9.86. The third kappa shape index (κ3) is 3.73. The van der Waals surface area contributed by atoms with E-state index in [4.69, 9.17) is 4.74 Å². The van der Waals surface area contributed by atoms with E-state index in [1.54, 1.807) is 47.1 Å². The van der Waals surface area contributed by atoms with Gasteiger partial charge in [0.2, 0.25) is 10.0 Å². The van der Waals surface area contributed by atoms with Gasteiger partial charge in [-0.05, 0) is 31.2 Å². The van der Waals surface area contributed by atoms with Gasteiger partial charge in [0.1, 0.15) is 5.75 Å². The van der Waals surface area contributed by atoms with Gasteiger partial charge in [0.15, 0.2) is 0 Å². The molecule has 0 aliphatic carbocycles. The number of carbonyl (C=O) groups is 1. The van der Waals surface area contributed by atoms with Crippen LogP contribution in [0.5, 0.6) is 5.75 Å². The van der Waals surface area contributed by atoms with Crippen molar-refractivity contribution in [2.24, 2.45) is 7.05 Å². The Kier molecular flexibility index (Phi) is 5.28. The summed E-state index contributed by atoms with van der Waals surface area (Å²) in [6, 6.07) is 6.40. The topological polar surface area (TPSA) is 84.7 Å². The molecule has 140 valence electrons. The summed E-state index contributed by atoms with van der Waals surface area (Å²) in [5, 5.41) is 4.00. The second-order valence-electron chi connectivity index (χ2n) is 6.00. The largest absolute Gasteiger partial charge is 0.494 e. The highest BCUT2D eigenvalue weighted by Gasteiger charge is 2.30. The Morgan fingerprint density at radius 3 is 2.35 bits per heavy atom. The number of sulfonamides is 1. The van der Waals surface area contributed by atoms with E-state index in [9.17, 15) is 13.2 Å². The summed E-state index contributed by atoms with van der Waals surface area (Å²) in [4.78, 5) is 14.3. The highest BCUT2D eigenvalue weighted by Crippen LogP contribution is 2.21. The Bertz CT molecular complexity index is 868. The molecule has 3 rings (SSSR count). The lowest BCUT2D eigenvalue weighted by Gasteiger charge is -2.33. The van der Waals surface area contributed by atoms with Crippen LogP contribution in [0.15, 0.2) is 41.6 Å². The summed E-state index contributed by atoms with van der Waals surface area (Å²) in [7, 11) is -1.83. The summed E-state index contributed by atoms with van der Waals surface area (Å²) >= 11 is 0. The number of ether oxygens (including phenoxy) is 1. The zero-order chi connectivity index (χ0) is 18.7. The summed E-state index contributed by atoms with van der Waals surface area (Å²) < 4.78 is 33.9. The molecule has 8 nitrogen and oxygen atoms in total. The first-order valence-electron chi connectivity index (χ1n) is 8.42. The maximum atomic E-state index is 12.8. The van der Waals surface area contributed by atoms with E-state index in [0.717, 1.165) is 0 Å². The van der Waals surface area contributed by atoms with E-state index in [2.05, 4.69) is 5.10 Å². The molecule has 0 unspecified atom stereocenters. The normalized spacial score (nSPS) is 15.8. The van der Waals surface area contributed by atoms with Crippen LogP contribution in [0, 0.1) is 0 Å². The molecule has 1 aliphatic rings. The number of nitrogens with zero attached hydrogens (tertiary/aromatic N) is 4. The monoisotopic (exact) mass is 378 g/mol. The second-order valence-corrected chi connectivity index (χ2v) is 7.94. The number of hydrogen-bond acceptors (Lipinski definition) is 5. The lowest BCUT2D eigenvalue weighted by molar-refractivity contribution is 0.0698. The van der Waals surface area contributed by atoms with Crippen molar-refractivity contribution >= 4 is 15.9 Å². The average Bonchev–Trinajstić information content (AvgIpc) is 3.08. The van der Waals surface area contributed by atoms with Crippen molar-refractivity contribution in [3.05, 3.63) is 42.2 Å². The molecular formula is C17H22N4O4S. The number of carbonyl (C=O) groups excluding carboxylic acids is 1. The predicted molar refractivity (Wildman–Crippen MR) is 95.5 cm³/mol. The van der Waals surface area contributed by atoms with Gasteiger partial charge in [0, 0.05) is 39.4 Å². The van der Waals surface area contributed by atoms with Crippen LogP contribution in [0.2, 0.25) is 0 Å². The smallest absolute Gasteiger partial charge is 0.257 e. The fourth-order valence-corrected chi connectivity index (χ4v) is 4.29. The molecule has 0 N–H and O–H groups in total. The van der Waals surface area contributed by atoms with Crippen LogP contribution in [-0.2, 0) is 17.1 Å². The number of hydrogen-bond donors (Lipinski definition) is 0. The van der Waals surface area contributed by atoms with E-state index in [-0.39, 0.29) is 23.9 Å². The van der Waals surface area contributed by atoms with Gasteiger partial charge in [-0.3, -0.25) is 9.48 Å². The van der Waals surface area contributed by atoms with Gasteiger partial charge in [-0.25, -0.2) is 8.42 Å². The Morgan fingerprint density at radius 1 is 1.15 bits per heavy atom. The first kappa shape index (κ1) is 18.4. The lowest BCUT2D eigenvalue weighted by atomic mass is 10.2. The fraction of sp³-hybridized carbons (Fsp3) is 0.412. The molecule has 1 aliphatic heterocycles. The van der Waals surface area contributed by atoms with Crippen LogP contribution in [0.4, 0.5) is 0 Å². The Labute approximate surface area is 153 Å². The molecule has 9 heteroatoms. The molecule has 26 heavy (non-hydrogen) atoms. The van der Waals surface area contributed by atoms with Gasteiger partial charge in [-0.2, -0.15) is 9.40 Å². The number of aryl methyl sites for hydroxylation is 1. The molecule has 1 fully saturated rings. The third-order valence-corrected chi connectivity index (χ3v) is 6.16. The van der Waals surface area contributed by atoms with Crippen molar-refractivity contribution in [1.29, 1.82) is 0 Å². The molecule has 2 aromatic rings. The van der Waals surface area contributed by atoms with Crippen molar-refractivity contribution in [3.8, 4) is 5.75 Å². The summed E-state index contributed by atoms with van der Waals surface area (Å²) in [6.07, 6.45) is 3.18. The van der Waals surface area contributed by atoms with Crippen molar-refractivity contribution in [2.45, 2.75) is 11.8 Å². The van der Waals surface area contributed by atoms with Crippen LogP contribution in [0.3, 0.4) is 0 Å². The highest BCUT2D eigenvalue weighted by molar-refractivity contribution is 7.89. The standard InChI is InChI=1S/C17H22N4O4S/c1-3-25-15-4-6-16(7-5-15)26(23,24)21-10-8-20(9-11-21)17(22)14-12-18-19(2)13-14/h4-7,12-13H,3,8-11H2,1-2H3. The average molecular weight is 378 g/mol. The molecule has 0 bridgehead atoms. The van der Waals surface area contributed by atoms with Gasteiger partial charge in [0.05, 0.1) is 23.3 Å². The van der Waals surface area contributed by atoms with Gasteiger partial charge >= 0.3 is 0 Å². The Balaban J connectivity index is 1.65. The number of rotatable bonds is 5. The summed E-state index contributed by atoms with van der Waals surface area (Å²) in [6.45, 7) is 3.63. The molecule has 0 atom stereocenters. The Morgan fingerprint density at radius 2 is 1.81 bits per heavy atom. The van der Waals surface area contributed by atoms with Gasteiger partial charge < -0.3 is 9.64 Å². The summed E-state index contributed by atoms with van der Waals surface area (Å²) in [5.74, 6) is 0.509. The fourth-order valence-electron chi connectivity index (χ4n) is 2.87. The number of amides is 1. The maximum Gasteiger partial charge on any atom is 0.257 e. The molecule has 0 radical (unpaired) electrons. The van der Waals surface area contributed by atoms with Crippen molar-refractivity contribution in [2.75, 3.05) is 32.8 Å². The molecule has 1 aromatic heterocycles. The molecular weight excluding hydrogens is 356 g/mol. The van der Waals surface area contributed by atoms with Crippen LogP contribution in [0.25, 0.3) is 0 Å². The first-order chi connectivity index (χ1) is 12.4. The zero-order valence-corrected chi connectivity index (χ0v) is 15.6. The van der Waals surface area contributed by atoms with E-state index in [1.807, 2.05) is 6.92 Å². The van der Waals surface area contributed by atoms with Gasteiger partial charge in [0.25, 0.3) is 5.91 Å². The highest BCUT2D eigenvalue weighted by atomic mass is 32.2. The van der Waals surface area contributed by atoms with Crippen LogP contribution in [-0.4, -0.2) is 66.1 Å². The minimum atomic E-state index is -3.58. The van der Waals surface area contributed by atoms with Crippen LogP contribution < -0.4 is 4.74 Å². The zero-order valence-electron chi connectivity index (χ0n) is 14.8. The van der Waals surface area contributed by atoms with Crippen LogP contribution >= 0.6 is 0 Å². The molecule has 1 aromatic carbocycles. The predicted octanol–water partition coefficient (Wildman–Crippen LogP) is 0.965. The van der Waals surface area contributed by atoms with E-state index < -0.39 is 10.0 Å². The maximum absolute atomic E-state index is 12.8. The van der Waals surface area contributed by atoms with E-state index in [1.165, 1.54) is 10.5 Å². The minimum Gasteiger partial charge on any atom is -0.494 e. The number of benzene rings is 1. The molecule has 0 spiro atoms.